The highest BCUT2D eigenvalue weighted by molar-refractivity contribution is 5.93. The van der Waals surface area contributed by atoms with Gasteiger partial charge in [-0.25, -0.2) is 9.97 Å². The molecule has 2 aliphatic heterocycles. The van der Waals surface area contributed by atoms with E-state index < -0.39 is 0 Å². The van der Waals surface area contributed by atoms with Crippen molar-refractivity contribution in [2.45, 2.75) is 12.8 Å². The number of amides is 1. The van der Waals surface area contributed by atoms with E-state index in [1.165, 1.54) is 23.3 Å². The summed E-state index contributed by atoms with van der Waals surface area (Å²) < 4.78 is 0. The van der Waals surface area contributed by atoms with E-state index >= 15 is 0 Å². The van der Waals surface area contributed by atoms with E-state index in [0.717, 1.165) is 38.3 Å². The first-order chi connectivity index (χ1) is 14.8. The predicted octanol–water partition coefficient (Wildman–Crippen LogP) is 3.52. The van der Waals surface area contributed by atoms with Crippen LogP contribution in [0.5, 0.6) is 0 Å². The summed E-state index contributed by atoms with van der Waals surface area (Å²) in [5.74, 6) is 0.778. The average molecular weight is 399 g/mol. The van der Waals surface area contributed by atoms with Crippen LogP contribution in [-0.4, -0.2) is 53.5 Å². The lowest BCUT2D eigenvalue weighted by atomic mass is 10.0. The Balaban J connectivity index is 1.31. The van der Waals surface area contributed by atoms with Crippen LogP contribution >= 0.6 is 0 Å². The number of carbonyl (C=O) groups is 1. The minimum absolute atomic E-state index is 0.0170. The van der Waals surface area contributed by atoms with Gasteiger partial charge in [-0.05, 0) is 36.6 Å². The Morgan fingerprint density at radius 2 is 1.60 bits per heavy atom. The van der Waals surface area contributed by atoms with Crippen molar-refractivity contribution >= 4 is 23.1 Å². The third-order valence-corrected chi connectivity index (χ3v) is 5.95. The normalized spacial score (nSPS) is 16.3. The lowest BCUT2D eigenvalue weighted by Gasteiger charge is -2.36. The van der Waals surface area contributed by atoms with E-state index in [9.17, 15) is 4.79 Å². The smallest absolute Gasteiger partial charge is 0.272 e. The molecule has 1 amide bonds. The molecule has 0 unspecified atom stereocenters. The maximum Gasteiger partial charge on any atom is 0.272 e. The molecule has 6 heteroatoms. The second-order valence-electron chi connectivity index (χ2n) is 7.76. The maximum atomic E-state index is 13.1. The van der Waals surface area contributed by atoms with Crippen molar-refractivity contribution in [2.24, 2.45) is 0 Å². The minimum Gasteiger partial charge on any atom is -0.368 e. The third-order valence-electron chi connectivity index (χ3n) is 5.95. The van der Waals surface area contributed by atoms with E-state index in [4.69, 9.17) is 0 Å². The summed E-state index contributed by atoms with van der Waals surface area (Å²) in [7, 11) is 0. The van der Waals surface area contributed by atoms with Gasteiger partial charge in [0.15, 0.2) is 0 Å². The summed E-state index contributed by atoms with van der Waals surface area (Å²) in [6.07, 6.45) is 3.67. The van der Waals surface area contributed by atoms with Gasteiger partial charge in [0.2, 0.25) is 0 Å². The fourth-order valence-electron chi connectivity index (χ4n) is 4.35. The zero-order chi connectivity index (χ0) is 20.3. The number of fused-ring (bicyclic) bond motifs is 1. The Morgan fingerprint density at radius 1 is 0.833 bits per heavy atom. The SMILES string of the molecule is O=C(c1cc(N2CCCc3ccccc32)ncn1)N1CCN(c2ccccc2)CC1. The highest BCUT2D eigenvalue weighted by Crippen LogP contribution is 2.32. The fraction of sp³-hybridized carbons (Fsp3) is 0.292. The summed E-state index contributed by atoms with van der Waals surface area (Å²) in [6.45, 7) is 3.94. The number of benzene rings is 2. The molecule has 3 heterocycles. The number of carbonyl (C=O) groups excluding carboxylic acids is 1. The number of hydrogen-bond donors (Lipinski definition) is 0. The van der Waals surface area contributed by atoms with E-state index in [2.05, 4.69) is 56.2 Å². The van der Waals surface area contributed by atoms with Crippen molar-refractivity contribution in [2.75, 3.05) is 42.5 Å². The molecule has 0 spiro atoms. The van der Waals surface area contributed by atoms with Crippen LogP contribution in [0.15, 0.2) is 67.0 Å². The largest absolute Gasteiger partial charge is 0.368 e. The molecule has 0 aliphatic carbocycles. The van der Waals surface area contributed by atoms with Crippen LogP contribution in [0, 0.1) is 0 Å². The van der Waals surface area contributed by atoms with Crippen molar-refractivity contribution in [3.05, 3.63) is 78.2 Å². The molecule has 1 saturated heterocycles. The van der Waals surface area contributed by atoms with E-state index in [1.54, 1.807) is 0 Å². The van der Waals surface area contributed by atoms with Gasteiger partial charge in [0, 0.05) is 50.2 Å². The van der Waals surface area contributed by atoms with Crippen LogP contribution in [0.4, 0.5) is 17.2 Å². The topological polar surface area (TPSA) is 52.6 Å². The summed E-state index contributed by atoms with van der Waals surface area (Å²) in [5.41, 5.74) is 4.18. The summed E-state index contributed by atoms with van der Waals surface area (Å²) in [4.78, 5) is 28.3. The average Bonchev–Trinajstić information content (AvgIpc) is 2.84. The van der Waals surface area contributed by atoms with Crippen LogP contribution in [0.1, 0.15) is 22.5 Å². The standard InChI is InChI=1S/C24H25N5O/c30-24(28-15-13-27(14-16-28)20-9-2-1-3-10-20)21-17-23(26-18-25-21)29-12-6-8-19-7-4-5-11-22(19)29/h1-5,7,9-11,17-18H,6,8,12-16H2. The summed E-state index contributed by atoms with van der Waals surface area (Å²) in [5, 5.41) is 0. The lowest BCUT2D eigenvalue weighted by molar-refractivity contribution is 0.0740. The predicted molar refractivity (Wildman–Crippen MR) is 118 cm³/mol. The van der Waals surface area contributed by atoms with Gasteiger partial charge < -0.3 is 14.7 Å². The van der Waals surface area contributed by atoms with Gasteiger partial charge >= 0.3 is 0 Å². The van der Waals surface area contributed by atoms with Crippen LogP contribution in [0.3, 0.4) is 0 Å². The number of aromatic nitrogens is 2. The van der Waals surface area contributed by atoms with Gasteiger partial charge in [-0.15, -0.1) is 0 Å². The summed E-state index contributed by atoms with van der Waals surface area (Å²) >= 11 is 0. The van der Waals surface area contributed by atoms with Crippen molar-refractivity contribution in [1.29, 1.82) is 0 Å². The number of aryl methyl sites for hydroxylation is 1. The molecular weight excluding hydrogens is 374 g/mol. The Labute approximate surface area is 176 Å². The molecule has 2 aliphatic rings. The zero-order valence-corrected chi connectivity index (χ0v) is 16.9. The number of hydrogen-bond acceptors (Lipinski definition) is 5. The number of nitrogens with zero attached hydrogens (tertiary/aromatic N) is 5. The number of anilines is 3. The monoisotopic (exact) mass is 399 g/mol. The Hall–Kier alpha value is -3.41. The molecule has 152 valence electrons. The highest BCUT2D eigenvalue weighted by atomic mass is 16.2. The van der Waals surface area contributed by atoms with Gasteiger partial charge in [-0.3, -0.25) is 4.79 Å². The van der Waals surface area contributed by atoms with E-state index in [-0.39, 0.29) is 5.91 Å². The first-order valence-electron chi connectivity index (χ1n) is 10.6. The van der Waals surface area contributed by atoms with Crippen molar-refractivity contribution in [3.8, 4) is 0 Å². The number of piperazine rings is 1. The van der Waals surface area contributed by atoms with Gasteiger partial charge in [0.05, 0.1) is 0 Å². The van der Waals surface area contributed by atoms with Crippen LogP contribution < -0.4 is 9.80 Å². The van der Waals surface area contributed by atoms with E-state index in [0.29, 0.717) is 18.8 Å². The molecule has 6 nitrogen and oxygen atoms in total. The molecule has 0 radical (unpaired) electrons. The van der Waals surface area contributed by atoms with Gasteiger partial charge in [-0.2, -0.15) is 0 Å². The van der Waals surface area contributed by atoms with Gasteiger partial charge in [0.1, 0.15) is 17.8 Å². The van der Waals surface area contributed by atoms with Crippen LogP contribution in [0.2, 0.25) is 0 Å². The molecular formula is C24H25N5O. The minimum atomic E-state index is -0.0170. The number of rotatable bonds is 3. The molecule has 0 bridgehead atoms. The Morgan fingerprint density at radius 3 is 2.43 bits per heavy atom. The molecule has 0 atom stereocenters. The quantitative estimate of drug-likeness (QED) is 0.675. The van der Waals surface area contributed by atoms with E-state index in [1.807, 2.05) is 29.2 Å². The van der Waals surface area contributed by atoms with Crippen LogP contribution in [-0.2, 0) is 6.42 Å². The zero-order valence-electron chi connectivity index (χ0n) is 16.9. The highest BCUT2D eigenvalue weighted by Gasteiger charge is 2.25. The molecule has 1 fully saturated rings. The van der Waals surface area contributed by atoms with Crippen molar-refractivity contribution in [1.82, 2.24) is 14.9 Å². The second-order valence-corrected chi connectivity index (χ2v) is 7.76. The first-order valence-corrected chi connectivity index (χ1v) is 10.6. The first kappa shape index (κ1) is 18.6. The fourth-order valence-corrected chi connectivity index (χ4v) is 4.35. The lowest BCUT2D eigenvalue weighted by Crippen LogP contribution is -2.49. The molecule has 3 aromatic rings. The molecule has 5 rings (SSSR count). The van der Waals surface area contributed by atoms with Crippen LogP contribution in [0.25, 0.3) is 0 Å². The molecule has 1 aromatic heterocycles. The van der Waals surface area contributed by atoms with Gasteiger partial charge in [-0.1, -0.05) is 36.4 Å². The second kappa shape index (κ2) is 8.14. The van der Waals surface area contributed by atoms with Crippen molar-refractivity contribution in [3.63, 3.8) is 0 Å². The number of para-hydroxylation sites is 2. The Kier molecular flexibility index (Phi) is 5.05. The Bertz CT molecular complexity index is 1030. The molecule has 2 aromatic carbocycles. The molecule has 0 N–H and O–H groups in total. The van der Waals surface area contributed by atoms with Gasteiger partial charge in [0.25, 0.3) is 5.91 Å². The van der Waals surface area contributed by atoms with Crippen molar-refractivity contribution < 1.29 is 4.79 Å². The summed E-state index contributed by atoms with van der Waals surface area (Å²) in [6, 6.07) is 20.6. The third kappa shape index (κ3) is 3.61. The molecule has 0 saturated carbocycles. The molecule has 30 heavy (non-hydrogen) atoms. The maximum absolute atomic E-state index is 13.1.